The van der Waals surface area contributed by atoms with Crippen molar-refractivity contribution < 1.29 is 13.2 Å². The molecule has 26 heavy (non-hydrogen) atoms. The number of hydrogen-bond acceptors (Lipinski definition) is 4. The fraction of sp³-hybridized carbons (Fsp3) is 0.250. The Morgan fingerprint density at radius 3 is 2.58 bits per heavy atom. The fourth-order valence-corrected chi connectivity index (χ4v) is 3.27. The maximum atomic E-state index is 13.4. The summed E-state index contributed by atoms with van der Waals surface area (Å²) in [6.45, 7) is 0. The molecule has 1 aliphatic carbocycles. The average molecular weight is 383 g/mol. The van der Waals surface area contributed by atoms with E-state index in [0.717, 1.165) is 5.56 Å². The molecule has 4 N–H and O–H groups in total. The number of alkyl halides is 3. The summed E-state index contributed by atoms with van der Waals surface area (Å²) >= 11 is 6.24. The average Bonchev–Trinajstić information content (AvgIpc) is 2.58. The Bertz CT molecular complexity index is 890. The van der Waals surface area contributed by atoms with Crippen LogP contribution in [0.5, 0.6) is 0 Å². The van der Waals surface area contributed by atoms with Gasteiger partial charge in [0.25, 0.3) is 0 Å². The van der Waals surface area contributed by atoms with E-state index in [9.17, 15) is 13.2 Å². The standard InChI is InChI=1S/C16H14ClF3N6/c17-11-4-2-1-3-9(11)8-5-12-14(13(6-8)25-26-15(21)22)10(7-23-24-12)16(18,19)20/h1-4,7-8H,5-6H2,(H4,21,22,26). The van der Waals surface area contributed by atoms with Crippen LogP contribution >= 0.6 is 11.6 Å². The summed E-state index contributed by atoms with van der Waals surface area (Å²) < 4.78 is 40.2. The Morgan fingerprint density at radius 1 is 1.19 bits per heavy atom. The van der Waals surface area contributed by atoms with Gasteiger partial charge in [-0.3, -0.25) is 0 Å². The van der Waals surface area contributed by atoms with Crippen LogP contribution in [0.15, 0.2) is 40.7 Å². The number of halogens is 4. The molecular formula is C16H14ClF3N6. The van der Waals surface area contributed by atoms with Crippen LogP contribution in [0.3, 0.4) is 0 Å². The monoisotopic (exact) mass is 382 g/mol. The minimum Gasteiger partial charge on any atom is -0.369 e. The number of fused-ring (bicyclic) bond motifs is 1. The quantitative estimate of drug-likeness (QED) is 0.473. The maximum Gasteiger partial charge on any atom is 0.418 e. The van der Waals surface area contributed by atoms with Gasteiger partial charge in [-0.2, -0.15) is 28.5 Å². The second kappa shape index (κ2) is 6.91. The predicted octanol–water partition coefficient (Wildman–Crippen LogP) is 2.86. The molecule has 6 nitrogen and oxygen atoms in total. The van der Waals surface area contributed by atoms with E-state index in [4.69, 9.17) is 23.1 Å². The highest BCUT2D eigenvalue weighted by molar-refractivity contribution is 6.31. The fourth-order valence-electron chi connectivity index (χ4n) is 2.98. The molecule has 1 aromatic heterocycles. The van der Waals surface area contributed by atoms with Crippen molar-refractivity contribution in [3.8, 4) is 0 Å². The van der Waals surface area contributed by atoms with Gasteiger partial charge in [0.1, 0.15) is 0 Å². The number of nitrogens with two attached hydrogens (primary N) is 2. The molecule has 2 aromatic rings. The molecule has 1 heterocycles. The van der Waals surface area contributed by atoms with E-state index in [0.29, 0.717) is 11.2 Å². The first kappa shape index (κ1) is 18.1. The Labute approximate surface area is 151 Å². The van der Waals surface area contributed by atoms with Crippen molar-refractivity contribution in [2.75, 3.05) is 0 Å². The summed E-state index contributed by atoms with van der Waals surface area (Å²) in [5.74, 6) is -0.573. The minimum atomic E-state index is -4.60. The first-order valence-electron chi connectivity index (χ1n) is 7.59. The highest BCUT2D eigenvalue weighted by atomic mass is 35.5. The van der Waals surface area contributed by atoms with Crippen molar-refractivity contribution in [3.63, 3.8) is 0 Å². The van der Waals surface area contributed by atoms with Gasteiger partial charge in [-0.1, -0.05) is 29.8 Å². The third kappa shape index (κ3) is 3.62. The van der Waals surface area contributed by atoms with Crippen LogP contribution in [-0.4, -0.2) is 21.9 Å². The second-order valence-corrected chi connectivity index (χ2v) is 6.18. The molecule has 1 aromatic carbocycles. The molecule has 0 spiro atoms. The summed E-state index contributed by atoms with van der Waals surface area (Å²) in [4.78, 5) is 0. The van der Waals surface area contributed by atoms with E-state index in [2.05, 4.69) is 20.4 Å². The molecule has 0 amide bonds. The zero-order valence-electron chi connectivity index (χ0n) is 13.3. The zero-order valence-corrected chi connectivity index (χ0v) is 14.1. The van der Waals surface area contributed by atoms with Gasteiger partial charge >= 0.3 is 6.18 Å². The number of aromatic nitrogens is 2. The lowest BCUT2D eigenvalue weighted by Gasteiger charge is -2.27. The third-order valence-electron chi connectivity index (χ3n) is 4.03. The van der Waals surface area contributed by atoms with Crippen LogP contribution in [0.1, 0.15) is 34.7 Å². The van der Waals surface area contributed by atoms with Crippen LogP contribution in [0.2, 0.25) is 5.02 Å². The first-order chi connectivity index (χ1) is 12.3. The van der Waals surface area contributed by atoms with Crippen LogP contribution < -0.4 is 11.5 Å². The number of rotatable bonds is 2. The molecule has 0 fully saturated rings. The Balaban J connectivity index is 2.16. The smallest absolute Gasteiger partial charge is 0.369 e. The molecule has 136 valence electrons. The van der Waals surface area contributed by atoms with E-state index < -0.39 is 11.7 Å². The molecular weight excluding hydrogens is 369 g/mol. The summed E-state index contributed by atoms with van der Waals surface area (Å²) in [6, 6.07) is 7.12. The topological polar surface area (TPSA) is 103 Å². The summed E-state index contributed by atoms with van der Waals surface area (Å²) in [5, 5.41) is 15.3. The highest BCUT2D eigenvalue weighted by Gasteiger charge is 2.39. The normalized spacial score (nSPS) is 18.5. The van der Waals surface area contributed by atoms with Gasteiger partial charge in [0.05, 0.1) is 23.2 Å². The third-order valence-corrected chi connectivity index (χ3v) is 4.37. The van der Waals surface area contributed by atoms with Gasteiger partial charge in [0, 0.05) is 10.6 Å². The molecule has 0 radical (unpaired) electrons. The Kier molecular flexibility index (Phi) is 4.82. The first-order valence-corrected chi connectivity index (χ1v) is 7.97. The Hall–Kier alpha value is -2.68. The molecule has 1 unspecified atom stereocenters. The molecule has 1 atom stereocenters. The van der Waals surface area contributed by atoms with Gasteiger partial charge in [-0.25, -0.2) is 0 Å². The summed E-state index contributed by atoms with van der Waals surface area (Å²) in [6.07, 6.45) is -3.49. The summed E-state index contributed by atoms with van der Waals surface area (Å²) in [5.41, 5.74) is 10.6. The molecule has 0 aliphatic heterocycles. The largest absolute Gasteiger partial charge is 0.418 e. The van der Waals surface area contributed by atoms with Crippen LogP contribution in [0, 0.1) is 0 Å². The number of benzene rings is 1. The van der Waals surface area contributed by atoms with Gasteiger partial charge in [-0.15, -0.1) is 5.10 Å². The maximum absolute atomic E-state index is 13.4. The lowest BCUT2D eigenvalue weighted by atomic mass is 9.80. The highest BCUT2D eigenvalue weighted by Crippen LogP contribution is 2.40. The summed E-state index contributed by atoms with van der Waals surface area (Å²) in [7, 11) is 0. The Morgan fingerprint density at radius 2 is 1.92 bits per heavy atom. The van der Waals surface area contributed by atoms with Gasteiger partial charge in [0.15, 0.2) is 0 Å². The molecule has 0 saturated carbocycles. The van der Waals surface area contributed by atoms with Crippen molar-refractivity contribution in [1.29, 1.82) is 0 Å². The zero-order chi connectivity index (χ0) is 18.9. The lowest BCUT2D eigenvalue weighted by Crippen LogP contribution is -2.27. The van der Waals surface area contributed by atoms with Gasteiger partial charge in [-0.05, 0) is 30.4 Å². The molecule has 0 bridgehead atoms. The van der Waals surface area contributed by atoms with E-state index in [1.807, 2.05) is 6.07 Å². The number of hydrogen-bond donors (Lipinski definition) is 2. The van der Waals surface area contributed by atoms with Crippen molar-refractivity contribution >= 4 is 23.3 Å². The number of nitrogens with zero attached hydrogens (tertiary/aromatic N) is 4. The van der Waals surface area contributed by atoms with Crippen molar-refractivity contribution in [1.82, 2.24) is 10.2 Å². The molecule has 3 rings (SSSR count). The van der Waals surface area contributed by atoms with Crippen LogP contribution in [-0.2, 0) is 12.6 Å². The van der Waals surface area contributed by atoms with Gasteiger partial charge < -0.3 is 11.5 Å². The predicted molar refractivity (Wildman–Crippen MR) is 91.9 cm³/mol. The molecule has 1 aliphatic rings. The molecule has 0 saturated heterocycles. The number of guanidine groups is 1. The van der Waals surface area contributed by atoms with Gasteiger partial charge in [0.2, 0.25) is 5.96 Å². The lowest BCUT2D eigenvalue weighted by molar-refractivity contribution is -0.138. The SMILES string of the molecule is NC(N)=NN=C1CC(c2ccccc2Cl)Cc2nncc(C(F)(F)F)c21. The van der Waals surface area contributed by atoms with E-state index in [-0.39, 0.29) is 41.7 Å². The van der Waals surface area contributed by atoms with E-state index in [1.54, 1.807) is 18.2 Å². The van der Waals surface area contributed by atoms with Crippen LogP contribution in [0.25, 0.3) is 0 Å². The van der Waals surface area contributed by atoms with E-state index in [1.165, 1.54) is 0 Å². The molecule has 10 heteroatoms. The van der Waals surface area contributed by atoms with Crippen molar-refractivity contribution in [2.45, 2.75) is 24.9 Å². The minimum absolute atomic E-state index is 0.0896. The van der Waals surface area contributed by atoms with Crippen molar-refractivity contribution in [2.24, 2.45) is 21.7 Å². The van der Waals surface area contributed by atoms with Crippen LogP contribution in [0.4, 0.5) is 13.2 Å². The second-order valence-electron chi connectivity index (χ2n) is 5.78. The van der Waals surface area contributed by atoms with Crippen molar-refractivity contribution in [3.05, 3.63) is 57.9 Å². The van der Waals surface area contributed by atoms with E-state index >= 15 is 0 Å².